The van der Waals surface area contributed by atoms with Gasteiger partial charge in [-0.25, -0.2) is 0 Å². The van der Waals surface area contributed by atoms with E-state index in [0.29, 0.717) is 6.04 Å². The Morgan fingerprint density at radius 2 is 1.82 bits per heavy atom. The molecule has 22 heavy (non-hydrogen) atoms. The van der Waals surface area contributed by atoms with Crippen LogP contribution in [0.15, 0.2) is 30.5 Å². The predicted octanol–water partition coefficient (Wildman–Crippen LogP) is 3.76. The first-order valence-electron chi connectivity index (χ1n) is 7.93. The number of rotatable bonds is 3. The van der Waals surface area contributed by atoms with E-state index in [1.807, 2.05) is 6.20 Å². The molecule has 122 valence electrons. The highest BCUT2D eigenvalue weighted by Gasteiger charge is 2.33. The van der Waals surface area contributed by atoms with Gasteiger partial charge in [0.1, 0.15) is 0 Å². The highest BCUT2D eigenvalue weighted by molar-refractivity contribution is 5.85. The van der Waals surface area contributed by atoms with Crippen LogP contribution < -0.4 is 5.32 Å². The molecular formula is C17H25Cl2N3. The number of piperazine rings is 1. The number of aromatic amines is 1. The molecule has 1 aliphatic heterocycles. The van der Waals surface area contributed by atoms with Gasteiger partial charge in [-0.05, 0) is 47.9 Å². The fraction of sp³-hybridized carbons (Fsp3) is 0.529. The SMILES string of the molecule is Cl.Cl.c1cc2cc([C@H](C3CCC3)N3CCNCC3)ccc2[nH]1. The average Bonchev–Trinajstić information content (AvgIpc) is 2.91. The van der Waals surface area contributed by atoms with Crippen molar-refractivity contribution in [2.75, 3.05) is 26.2 Å². The van der Waals surface area contributed by atoms with Crippen molar-refractivity contribution in [3.8, 4) is 0 Å². The van der Waals surface area contributed by atoms with E-state index in [4.69, 9.17) is 0 Å². The Bertz CT molecular complexity index is 588. The minimum Gasteiger partial charge on any atom is -0.361 e. The van der Waals surface area contributed by atoms with Gasteiger partial charge in [0.05, 0.1) is 0 Å². The smallest absolute Gasteiger partial charge is 0.0454 e. The van der Waals surface area contributed by atoms with Crippen LogP contribution in [-0.4, -0.2) is 36.1 Å². The summed E-state index contributed by atoms with van der Waals surface area (Å²) >= 11 is 0. The molecule has 2 fully saturated rings. The van der Waals surface area contributed by atoms with Gasteiger partial charge in [0.2, 0.25) is 0 Å². The van der Waals surface area contributed by atoms with Gasteiger partial charge >= 0.3 is 0 Å². The van der Waals surface area contributed by atoms with Crippen molar-refractivity contribution in [3.05, 3.63) is 36.0 Å². The van der Waals surface area contributed by atoms with Crippen molar-refractivity contribution in [1.29, 1.82) is 0 Å². The standard InChI is InChI=1S/C17H23N3.2ClH/c1-2-13(3-1)17(20-10-8-18-9-11-20)15-4-5-16-14(12-15)6-7-19-16;;/h4-7,12-13,17-19H,1-3,8-11H2;2*1H/t17-;;/m0../s1. The third kappa shape index (κ3) is 3.28. The van der Waals surface area contributed by atoms with Crippen molar-refractivity contribution in [3.63, 3.8) is 0 Å². The van der Waals surface area contributed by atoms with Crippen molar-refractivity contribution < 1.29 is 0 Å². The molecule has 0 bridgehead atoms. The fourth-order valence-corrected chi connectivity index (χ4v) is 3.75. The Kier molecular flexibility index (Phi) is 6.16. The molecule has 4 rings (SSSR count). The number of hydrogen-bond donors (Lipinski definition) is 2. The summed E-state index contributed by atoms with van der Waals surface area (Å²) in [6.45, 7) is 4.64. The van der Waals surface area contributed by atoms with Crippen molar-refractivity contribution in [1.82, 2.24) is 15.2 Å². The zero-order chi connectivity index (χ0) is 13.4. The lowest BCUT2D eigenvalue weighted by Crippen LogP contribution is -2.47. The molecule has 0 spiro atoms. The maximum atomic E-state index is 3.47. The van der Waals surface area contributed by atoms with Gasteiger partial charge < -0.3 is 10.3 Å². The number of benzene rings is 1. The molecule has 1 saturated heterocycles. The normalized spacial score (nSPS) is 20.7. The minimum atomic E-state index is 0. The largest absolute Gasteiger partial charge is 0.361 e. The molecule has 2 N–H and O–H groups in total. The van der Waals surface area contributed by atoms with Crippen molar-refractivity contribution >= 4 is 35.7 Å². The van der Waals surface area contributed by atoms with Crippen LogP contribution in [0.25, 0.3) is 10.9 Å². The summed E-state index contributed by atoms with van der Waals surface area (Å²) in [7, 11) is 0. The third-order valence-corrected chi connectivity index (χ3v) is 5.06. The van der Waals surface area contributed by atoms with Gasteiger partial charge in [-0.1, -0.05) is 12.5 Å². The van der Waals surface area contributed by atoms with Crippen LogP contribution in [0.3, 0.4) is 0 Å². The topological polar surface area (TPSA) is 31.1 Å². The summed E-state index contributed by atoms with van der Waals surface area (Å²) in [5.74, 6) is 0.865. The monoisotopic (exact) mass is 341 g/mol. The molecule has 3 nitrogen and oxygen atoms in total. The molecule has 5 heteroatoms. The van der Waals surface area contributed by atoms with E-state index in [2.05, 4.69) is 39.5 Å². The second-order valence-corrected chi connectivity index (χ2v) is 6.25. The molecule has 1 saturated carbocycles. The maximum absolute atomic E-state index is 3.47. The van der Waals surface area contributed by atoms with Gasteiger partial charge in [0.25, 0.3) is 0 Å². The van der Waals surface area contributed by atoms with Crippen molar-refractivity contribution in [2.45, 2.75) is 25.3 Å². The van der Waals surface area contributed by atoms with E-state index in [-0.39, 0.29) is 24.8 Å². The highest BCUT2D eigenvalue weighted by atomic mass is 35.5. The quantitative estimate of drug-likeness (QED) is 0.890. The Balaban J connectivity index is 0.000000882. The third-order valence-electron chi connectivity index (χ3n) is 5.06. The fourth-order valence-electron chi connectivity index (χ4n) is 3.75. The van der Waals surface area contributed by atoms with E-state index in [0.717, 1.165) is 19.0 Å². The summed E-state index contributed by atoms with van der Waals surface area (Å²) < 4.78 is 0. The number of aromatic nitrogens is 1. The van der Waals surface area contributed by atoms with Gasteiger partial charge in [0.15, 0.2) is 0 Å². The summed E-state index contributed by atoms with van der Waals surface area (Å²) in [5, 5.41) is 4.82. The average molecular weight is 342 g/mol. The van der Waals surface area contributed by atoms with E-state index >= 15 is 0 Å². The number of halogens is 2. The first kappa shape index (κ1) is 17.6. The molecule has 0 radical (unpaired) electrons. The molecule has 0 unspecified atom stereocenters. The molecule has 0 amide bonds. The maximum Gasteiger partial charge on any atom is 0.0454 e. The van der Waals surface area contributed by atoms with Crippen LogP contribution in [0, 0.1) is 5.92 Å². The summed E-state index contributed by atoms with van der Waals surface area (Å²) in [5.41, 5.74) is 2.77. The zero-order valence-electron chi connectivity index (χ0n) is 12.8. The number of nitrogens with one attached hydrogen (secondary N) is 2. The van der Waals surface area contributed by atoms with Gasteiger partial charge in [-0.15, -0.1) is 24.8 Å². The minimum absolute atomic E-state index is 0. The number of nitrogens with zero attached hydrogens (tertiary/aromatic N) is 1. The zero-order valence-corrected chi connectivity index (χ0v) is 14.4. The van der Waals surface area contributed by atoms with Crippen molar-refractivity contribution in [2.24, 2.45) is 5.92 Å². The second-order valence-electron chi connectivity index (χ2n) is 6.25. The van der Waals surface area contributed by atoms with Crippen LogP contribution in [0.2, 0.25) is 0 Å². The Morgan fingerprint density at radius 1 is 1.05 bits per heavy atom. The molecular weight excluding hydrogens is 317 g/mol. The summed E-state index contributed by atoms with van der Waals surface area (Å²) in [4.78, 5) is 6.00. The number of fused-ring (bicyclic) bond motifs is 1. The van der Waals surface area contributed by atoms with Gasteiger partial charge in [-0.2, -0.15) is 0 Å². The Morgan fingerprint density at radius 3 is 2.50 bits per heavy atom. The Labute approximate surface area is 144 Å². The van der Waals surface area contributed by atoms with Crippen LogP contribution in [-0.2, 0) is 0 Å². The van der Waals surface area contributed by atoms with E-state index < -0.39 is 0 Å². The van der Waals surface area contributed by atoms with Gasteiger partial charge in [0, 0.05) is 43.9 Å². The van der Waals surface area contributed by atoms with Crippen LogP contribution in [0.4, 0.5) is 0 Å². The molecule has 2 heterocycles. The second kappa shape index (κ2) is 7.69. The van der Waals surface area contributed by atoms with Crippen LogP contribution >= 0.6 is 24.8 Å². The summed E-state index contributed by atoms with van der Waals surface area (Å²) in [6.07, 6.45) is 6.26. The van der Waals surface area contributed by atoms with Gasteiger partial charge in [-0.3, -0.25) is 4.90 Å². The van der Waals surface area contributed by atoms with Crippen LogP contribution in [0.1, 0.15) is 30.9 Å². The summed E-state index contributed by atoms with van der Waals surface area (Å²) in [6, 6.07) is 9.80. The first-order chi connectivity index (χ1) is 9.92. The van der Waals surface area contributed by atoms with E-state index in [9.17, 15) is 0 Å². The molecule has 1 aliphatic carbocycles. The number of H-pyrrole nitrogens is 1. The molecule has 2 aliphatic rings. The lowest BCUT2D eigenvalue weighted by molar-refractivity contribution is 0.0838. The lowest BCUT2D eigenvalue weighted by Gasteiger charge is -2.43. The molecule has 1 atom stereocenters. The predicted molar refractivity (Wildman–Crippen MR) is 97.3 cm³/mol. The number of hydrogen-bond acceptors (Lipinski definition) is 2. The van der Waals surface area contributed by atoms with E-state index in [1.165, 1.54) is 48.8 Å². The molecule has 2 aromatic rings. The lowest BCUT2D eigenvalue weighted by atomic mass is 9.76. The molecule has 1 aromatic heterocycles. The Hall–Kier alpha value is -0.740. The highest BCUT2D eigenvalue weighted by Crippen LogP contribution is 2.42. The molecule has 1 aromatic carbocycles. The first-order valence-corrected chi connectivity index (χ1v) is 7.93. The van der Waals surface area contributed by atoms with E-state index in [1.54, 1.807) is 0 Å². The van der Waals surface area contributed by atoms with Crippen LogP contribution in [0.5, 0.6) is 0 Å².